The molecule has 2 aromatic rings. The Labute approximate surface area is 171 Å². The number of amides is 1. The third-order valence-corrected chi connectivity index (χ3v) is 5.91. The second kappa shape index (κ2) is 9.01. The van der Waals surface area contributed by atoms with Crippen molar-refractivity contribution in [3.63, 3.8) is 0 Å². The van der Waals surface area contributed by atoms with E-state index in [1.807, 2.05) is 35.2 Å². The van der Waals surface area contributed by atoms with Gasteiger partial charge in [0.15, 0.2) is 0 Å². The lowest BCUT2D eigenvalue weighted by molar-refractivity contribution is -0.138. The summed E-state index contributed by atoms with van der Waals surface area (Å²) in [6.45, 7) is 5.97. The molecule has 1 aromatic carbocycles. The molecule has 7 heteroatoms. The van der Waals surface area contributed by atoms with Crippen LogP contribution in [0, 0.1) is 17.2 Å². The predicted octanol–water partition coefficient (Wildman–Crippen LogP) is 1.91. The molecule has 2 aliphatic heterocycles. The van der Waals surface area contributed by atoms with Crippen molar-refractivity contribution in [1.29, 1.82) is 5.26 Å². The number of carbonyl (C=O) groups is 1. The van der Waals surface area contributed by atoms with E-state index >= 15 is 0 Å². The van der Waals surface area contributed by atoms with Gasteiger partial charge in [0.1, 0.15) is 12.1 Å². The van der Waals surface area contributed by atoms with Crippen LogP contribution in [-0.2, 0) is 11.3 Å². The van der Waals surface area contributed by atoms with Crippen LogP contribution in [0.1, 0.15) is 24.0 Å². The summed E-state index contributed by atoms with van der Waals surface area (Å²) < 4.78 is 0. The zero-order valence-electron chi connectivity index (χ0n) is 16.6. The van der Waals surface area contributed by atoms with Crippen molar-refractivity contribution in [2.75, 3.05) is 44.2 Å². The van der Waals surface area contributed by atoms with Crippen LogP contribution in [0.15, 0.2) is 42.9 Å². The Hall–Kier alpha value is -2.98. The van der Waals surface area contributed by atoms with Gasteiger partial charge < -0.3 is 9.80 Å². The summed E-state index contributed by atoms with van der Waals surface area (Å²) in [6.07, 6.45) is 5.10. The average Bonchev–Trinajstić information content (AvgIpc) is 2.80. The molecule has 0 N–H and O–H groups in total. The van der Waals surface area contributed by atoms with Crippen LogP contribution in [0.25, 0.3) is 0 Å². The molecule has 150 valence electrons. The molecule has 0 bridgehead atoms. The van der Waals surface area contributed by atoms with E-state index in [1.165, 1.54) is 5.56 Å². The zero-order chi connectivity index (χ0) is 20.1. The van der Waals surface area contributed by atoms with E-state index in [0.717, 1.165) is 64.5 Å². The second-order valence-corrected chi connectivity index (χ2v) is 7.74. The van der Waals surface area contributed by atoms with Crippen LogP contribution >= 0.6 is 0 Å². The standard InChI is InChI=1S/C22H26N6O/c23-15-18-1-3-19(4-2-18)16-26-11-13-28(14-12-26)22(29)20-6-9-27(10-7-20)21-5-8-24-17-25-21/h1-5,8,17,20H,6-7,9-14,16H2. The number of anilines is 1. The normalized spacial score (nSPS) is 18.4. The maximum atomic E-state index is 13.0. The summed E-state index contributed by atoms with van der Waals surface area (Å²) in [5, 5.41) is 8.90. The summed E-state index contributed by atoms with van der Waals surface area (Å²) in [5.41, 5.74) is 1.90. The molecule has 3 heterocycles. The van der Waals surface area contributed by atoms with Crippen molar-refractivity contribution in [1.82, 2.24) is 19.8 Å². The van der Waals surface area contributed by atoms with Gasteiger partial charge in [-0.15, -0.1) is 0 Å². The van der Waals surface area contributed by atoms with E-state index in [2.05, 4.69) is 25.8 Å². The van der Waals surface area contributed by atoms with Crippen LogP contribution in [0.4, 0.5) is 5.82 Å². The van der Waals surface area contributed by atoms with E-state index in [4.69, 9.17) is 5.26 Å². The van der Waals surface area contributed by atoms with Crippen molar-refractivity contribution in [3.05, 3.63) is 54.0 Å². The number of rotatable bonds is 4. The fourth-order valence-electron chi connectivity index (χ4n) is 4.15. The summed E-state index contributed by atoms with van der Waals surface area (Å²) >= 11 is 0. The first kappa shape index (κ1) is 19.3. The number of nitrogens with zero attached hydrogens (tertiary/aromatic N) is 6. The maximum absolute atomic E-state index is 13.0. The molecule has 2 aliphatic rings. The Morgan fingerprint density at radius 3 is 2.38 bits per heavy atom. The van der Waals surface area contributed by atoms with Crippen molar-refractivity contribution in [2.24, 2.45) is 5.92 Å². The SMILES string of the molecule is N#Cc1ccc(CN2CCN(C(=O)C3CCN(c4ccncn4)CC3)CC2)cc1. The molecular formula is C22H26N6O. The third kappa shape index (κ3) is 4.72. The van der Waals surface area contributed by atoms with Crippen molar-refractivity contribution < 1.29 is 4.79 Å². The molecule has 7 nitrogen and oxygen atoms in total. The van der Waals surface area contributed by atoms with Gasteiger partial charge in [-0.05, 0) is 36.6 Å². The highest BCUT2D eigenvalue weighted by Crippen LogP contribution is 2.23. The second-order valence-electron chi connectivity index (χ2n) is 7.74. The molecule has 2 saturated heterocycles. The lowest BCUT2D eigenvalue weighted by Gasteiger charge is -2.38. The first-order valence-electron chi connectivity index (χ1n) is 10.2. The predicted molar refractivity (Wildman–Crippen MR) is 110 cm³/mol. The fraction of sp³-hybridized carbons (Fsp3) is 0.455. The van der Waals surface area contributed by atoms with Crippen LogP contribution in [-0.4, -0.2) is 64.9 Å². The maximum Gasteiger partial charge on any atom is 0.225 e. The number of aromatic nitrogens is 2. The van der Waals surface area contributed by atoms with Gasteiger partial charge in [0, 0.05) is 57.9 Å². The Morgan fingerprint density at radius 2 is 1.76 bits per heavy atom. The highest BCUT2D eigenvalue weighted by atomic mass is 16.2. The molecule has 0 radical (unpaired) electrons. The average molecular weight is 390 g/mol. The molecule has 0 aliphatic carbocycles. The Bertz CT molecular complexity index is 847. The molecule has 29 heavy (non-hydrogen) atoms. The van der Waals surface area contributed by atoms with Crippen LogP contribution in [0.5, 0.6) is 0 Å². The van der Waals surface area contributed by atoms with Gasteiger partial charge in [-0.2, -0.15) is 5.26 Å². The number of nitriles is 1. The number of piperidine rings is 1. The summed E-state index contributed by atoms with van der Waals surface area (Å²) in [7, 11) is 0. The lowest BCUT2D eigenvalue weighted by atomic mass is 9.95. The van der Waals surface area contributed by atoms with E-state index < -0.39 is 0 Å². The lowest BCUT2D eigenvalue weighted by Crippen LogP contribution is -2.51. The first-order chi connectivity index (χ1) is 14.2. The molecule has 1 amide bonds. The summed E-state index contributed by atoms with van der Waals surface area (Å²) in [5.74, 6) is 1.38. The number of piperazine rings is 1. The number of hydrogen-bond donors (Lipinski definition) is 0. The molecular weight excluding hydrogens is 364 g/mol. The highest BCUT2D eigenvalue weighted by Gasteiger charge is 2.30. The molecule has 0 unspecified atom stereocenters. The molecule has 1 aromatic heterocycles. The van der Waals surface area contributed by atoms with E-state index in [0.29, 0.717) is 11.5 Å². The number of hydrogen-bond acceptors (Lipinski definition) is 6. The molecule has 0 saturated carbocycles. The summed E-state index contributed by atoms with van der Waals surface area (Å²) in [4.78, 5) is 27.9. The van der Waals surface area contributed by atoms with Crippen molar-refractivity contribution in [3.8, 4) is 6.07 Å². The number of benzene rings is 1. The Morgan fingerprint density at radius 1 is 1.03 bits per heavy atom. The minimum Gasteiger partial charge on any atom is -0.356 e. The van der Waals surface area contributed by atoms with Crippen LogP contribution in [0.3, 0.4) is 0 Å². The third-order valence-electron chi connectivity index (χ3n) is 5.91. The molecule has 0 spiro atoms. The highest BCUT2D eigenvalue weighted by molar-refractivity contribution is 5.79. The smallest absolute Gasteiger partial charge is 0.225 e. The minimum atomic E-state index is 0.123. The van der Waals surface area contributed by atoms with Gasteiger partial charge in [-0.25, -0.2) is 9.97 Å². The van der Waals surface area contributed by atoms with Crippen molar-refractivity contribution >= 4 is 11.7 Å². The summed E-state index contributed by atoms with van der Waals surface area (Å²) in [6, 6.07) is 11.8. The monoisotopic (exact) mass is 390 g/mol. The van der Waals surface area contributed by atoms with Gasteiger partial charge in [-0.3, -0.25) is 9.69 Å². The molecule has 2 fully saturated rings. The Balaban J connectivity index is 1.23. The van der Waals surface area contributed by atoms with Crippen molar-refractivity contribution in [2.45, 2.75) is 19.4 Å². The topological polar surface area (TPSA) is 76.4 Å². The minimum absolute atomic E-state index is 0.123. The zero-order valence-corrected chi connectivity index (χ0v) is 16.6. The largest absolute Gasteiger partial charge is 0.356 e. The first-order valence-corrected chi connectivity index (χ1v) is 10.2. The van der Waals surface area contributed by atoms with Gasteiger partial charge >= 0.3 is 0 Å². The van der Waals surface area contributed by atoms with E-state index in [-0.39, 0.29) is 5.92 Å². The van der Waals surface area contributed by atoms with E-state index in [1.54, 1.807) is 12.5 Å². The van der Waals surface area contributed by atoms with Gasteiger partial charge in [0.2, 0.25) is 5.91 Å². The quantitative estimate of drug-likeness (QED) is 0.794. The van der Waals surface area contributed by atoms with Gasteiger partial charge in [-0.1, -0.05) is 12.1 Å². The van der Waals surface area contributed by atoms with Crippen LogP contribution < -0.4 is 4.90 Å². The van der Waals surface area contributed by atoms with E-state index in [9.17, 15) is 4.79 Å². The molecule has 0 atom stereocenters. The fourth-order valence-corrected chi connectivity index (χ4v) is 4.15. The van der Waals surface area contributed by atoms with Gasteiger partial charge in [0.25, 0.3) is 0 Å². The Kier molecular flexibility index (Phi) is 6.01. The van der Waals surface area contributed by atoms with Crippen LogP contribution in [0.2, 0.25) is 0 Å². The number of carbonyl (C=O) groups excluding carboxylic acids is 1. The molecule has 4 rings (SSSR count). The van der Waals surface area contributed by atoms with Gasteiger partial charge in [0.05, 0.1) is 11.6 Å².